The number of ether oxygens (including phenoxy) is 1. The molecule has 0 aliphatic heterocycles. The van der Waals surface area contributed by atoms with Crippen LogP contribution in [-0.2, 0) is 9.53 Å². The molecular formula is C13H17ClN2O3S. The van der Waals surface area contributed by atoms with Crippen LogP contribution in [0.3, 0.4) is 0 Å². The van der Waals surface area contributed by atoms with Gasteiger partial charge in [-0.2, -0.15) is 11.8 Å². The van der Waals surface area contributed by atoms with E-state index in [1.165, 1.54) is 7.11 Å². The lowest BCUT2D eigenvalue weighted by molar-refractivity contribution is -0.142. The fraction of sp³-hybridized carbons (Fsp3) is 0.385. The van der Waals surface area contributed by atoms with E-state index in [1.54, 1.807) is 36.0 Å². The van der Waals surface area contributed by atoms with Gasteiger partial charge in [0.1, 0.15) is 6.04 Å². The Morgan fingerprint density at radius 2 is 2.20 bits per heavy atom. The molecule has 0 saturated heterocycles. The Morgan fingerprint density at radius 1 is 1.45 bits per heavy atom. The number of urea groups is 1. The highest BCUT2D eigenvalue weighted by Crippen LogP contribution is 2.14. The van der Waals surface area contributed by atoms with Crippen LogP contribution < -0.4 is 10.6 Å². The number of carbonyl (C=O) groups excluding carboxylic acids is 2. The van der Waals surface area contributed by atoms with Crippen molar-refractivity contribution in [1.29, 1.82) is 0 Å². The number of nitrogens with one attached hydrogen (secondary N) is 2. The Morgan fingerprint density at radius 3 is 2.80 bits per heavy atom. The molecule has 0 saturated carbocycles. The number of anilines is 1. The summed E-state index contributed by atoms with van der Waals surface area (Å²) in [6, 6.07) is 5.64. The molecule has 2 amide bonds. The van der Waals surface area contributed by atoms with Crippen LogP contribution in [0.2, 0.25) is 5.02 Å². The fourth-order valence-electron chi connectivity index (χ4n) is 1.52. The van der Waals surface area contributed by atoms with Gasteiger partial charge in [-0.3, -0.25) is 0 Å². The van der Waals surface area contributed by atoms with Gasteiger partial charge in [0.2, 0.25) is 0 Å². The Balaban J connectivity index is 2.59. The van der Waals surface area contributed by atoms with E-state index in [9.17, 15) is 9.59 Å². The summed E-state index contributed by atoms with van der Waals surface area (Å²) in [4.78, 5) is 23.4. The van der Waals surface area contributed by atoms with Gasteiger partial charge >= 0.3 is 12.0 Å². The first-order valence-corrected chi connectivity index (χ1v) is 7.74. The van der Waals surface area contributed by atoms with Gasteiger partial charge in [0, 0.05) is 10.7 Å². The quantitative estimate of drug-likeness (QED) is 0.792. The maximum atomic E-state index is 11.8. The molecule has 0 aliphatic carbocycles. The van der Waals surface area contributed by atoms with E-state index in [0.29, 0.717) is 17.1 Å². The lowest BCUT2D eigenvalue weighted by Gasteiger charge is -2.16. The first-order chi connectivity index (χ1) is 9.56. The van der Waals surface area contributed by atoms with Crippen LogP contribution >= 0.6 is 23.4 Å². The van der Waals surface area contributed by atoms with Crippen molar-refractivity contribution in [3.8, 4) is 0 Å². The highest BCUT2D eigenvalue weighted by Gasteiger charge is 2.20. The van der Waals surface area contributed by atoms with E-state index in [-0.39, 0.29) is 0 Å². The van der Waals surface area contributed by atoms with Crippen LogP contribution in [0.4, 0.5) is 10.5 Å². The van der Waals surface area contributed by atoms with Crippen molar-refractivity contribution in [3.63, 3.8) is 0 Å². The summed E-state index contributed by atoms with van der Waals surface area (Å²) in [7, 11) is 1.30. The molecule has 1 atom stereocenters. The zero-order valence-electron chi connectivity index (χ0n) is 11.3. The number of hydrogen-bond donors (Lipinski definition) is 2. The monoisotopic (exact) mass is 316 g/mol. The van der Waals surface area contributed by atoms with Crippen molar-refractivity contribution in [2.45, 2.75) is 12.5 Å². The minimum atomic E-state index is -0.661. The third-order valence-electron chi connectivity index (χ3n) is 2.48. The molecule has 0 radical (unpaired) electrons. The van der Waals surface area contributed by atoms with Gasteiger partial charge in [-0.15, -0.1) is 0 Å². The highest BCUT2D eigenvalue weighted by atomic mass is 35.5. The maximum Gasteiger partial charge on any atom is 0.328 e. The SMILES string of the molecule is COC(=O)[C@H](CCSC)NC(=O)Nc1cccc(Cl)c1. The number of benzene rings is 1. The predicted octanol–water partition coefficient (Wildman–Crippen LogP) is 2.76. The molecule has 0 aliphatic rings. The molecule has 1 aromatic carbocycles. The van der Waals surface area contributed by atoms with Crippen LogP contribution in [0, 0.1) is 0 Å². The lowest BCUT2D eigenvalue weighted by Crippen LogP contribution is -2.44. The van der Waals surface area contributed by atoms with E-state index < -0.39 is 18.0 Å². The second-order valence-corrected chi connectivity index (χ2v) is 5.39. The highest BCUT2D eigenvalue weighted by molar-refractivity contribution is 7.98. The topological polar surface area (TPSA) is 67.4 Å². The number of amides is 2. The molecular weight excluding hydrogens is 300 g/mol. The summed E-state index contributed by atoms with van der Waals surface area (Å²) in [5, 5.41) is 5.73. The fourth-order valence-corrected chi connectivity index (χ4v) is 2.18. The molecule has 0 spiro atoms. The van der Waals surface area contributed by atoms with Crippen molar-refractivity contribution in [1.82, 2.24) is 5.32 Å². The van der Waals surface area contributed by atoms with Gasteiger partial charge in [-0.1, -0.05) is 17.7 Å². The third-order valence-corrected chi connectivity index (χ3v) is 3.36. The summed E-state index contributed by atoms with van der Waals surface area (Å²) < 4.78 is 4.67. The standard InChI is InChI=1S/C13H17ClN2O3S/c1-19-12(17)11(6-7-20-2)16-13(18)15-10-5-3-4-9(14)8-10/h3-5,8,11H,6-7H2,1-2H3,(H2,15,16,18)/t11-/m0/s1. The van der Waals surface area contributed by atoms with Gasteiger partial charge < -0.3 is 15.4 Å². The second kappa shape index (κ2) is 8.71. The number of halogens is 1. The lowest BCUT2D eigenvalue weighted by atomic mass is 10.2. The van der Waals surface area contributed by atoms with E-state index >= 15 is 0 Å². The van der Waals surface area contributed by atoms with Gasteiger partial charge in [0.15, 0.2) is 0 Å². The summed E-state index contributed by atoms with van der Waals surface area (Å²) in [5.74, 6) is 0.289. The second-order valence-electron chi connectivity index (χ2n) is 3.97. The average molecular weight is 317 g/mol. The molecule has 7 heteroatoms. The van der Waals surface area contributed by atoms with Gasteiger partial charge in [0.25, 0.3) is 0 Å². The predicted molar refractivity (Wildman–Crippen MR) is 82.4 cm³/mol. The van der Waals surface area contributed by atoms with Crippen molar-refractivity contribution in [2.75, 3.05) is 24.4 Å². The summed E-state index contributed by atoms with van der Waals surface area (Å²) >= 11 is 7.42. The first-order valence-electron chi connectivity index (χ1n) is 5.96. The molecule has 0 bridgehead atoms. The first kappa shape index (κ1) is 16.7. The Kier molecular flexibility index (Phi) is 7.25. The van der Waals surface area contributed by atoms with E-state index in [4.69, 9.17) is 11.6 Å². The van der Waals surface area contributed by atoms with Crippen molar-refractivity contribution < 1.29 is 14.3 Å². The largest absolute Gasteiger partial charge is 0.467 e. The van der Waals surface area contributed by atoms with Gasteiger partial charge in [-0.05, 0) is 36.6 Å². The summed E-state index contributed by atoms with van der Waals surface area (Å²) in [5.41, 5.74) is 0.559. The van der Waals surface area contributed by atoms with Gasteiger partial charge in [0.05, 0.1) is 7.11 Å². The Hall–Kier alpha value is -1.40. The molecule has 110 valence electrons. The zero-order valence-corrected chi connectivity index (χ0v) is 12.9. The van der Waals surface area contributed by atoms with Crippen LogP contribution in [-0.4, -0.2) is 37.2 Å². The number of hydrogen-bond acceptors (Lipinski definition) is 4. The normalized spacial score (nSPS) is 11.6. The number of thioether (sulfide) groups is 1. The van der Waals surface area contributed by atoms with Crippen molar-refractivity contribution >= 4 is 41.1 Å². The molecule has 5 nitrogen and oxygen atoms in total. The molecule has 2 N–H and O–H groups in total. The molecule has 1 aromatic rings. The van der Waals surface area contributed by atoms with Crippen LogP contribution in [0.1, 0.15) is 6.42 Å². The Labute approximate surface area is 127 Å². The number of esters is 1. The van der Waals surface area contributed by atoms with Crippen LogP contribution in [0.15, 0.2) is 24.3 Å². The molecule has 0 heterocycles. The van der Waals surface area contributed by atoms with Crippen LogP contribution in [0.25, 0.3) is 0 Å². The summed E-state index contributed by atoms with van der Waals surface area (Å²) in [6.45, 7) is 0. The molecule has 0 unspecified atom stereocenters. The maximum absolute atomic E-state index is 11.8. The van der Waals surface area contributed by atoms with Crippen molar-refractivity contribution in [3.05, 3.63) is 29.3 Å². The number of rotatable bonds is 6. The minimum Gasteiger partial charge on any atom is -0.467 e. The minimum absolute atomic E-state index is 0.458. The van der Waals surface area contributed by atoms with Crippen molar-refractivity contribution in [2.24, 2.45) is 0 Å². The van der Waals surface area contributed by atoms with E-state index in [0.717, 1.165) is 5.75 Å². The number of methoxy groups -OCH3 is 1. The molecule has 0 fully saturated rings. The molecule has 20 heavy (non-hydrogen) atoms. The summed E-state index contributed by atoms with van der Waals surface area (Å²) in [6.07, 6.45) is 2.44. The van der Waals surface area contributed by atoms with Gasteiger partial charge in [-0.25, -0.2) is 9.59 Å². The smallest absolute Gasteiger partial charge is 0.328 e. The average Bonchev–Trinajstić information content (AvgIpc) is 2.42. The molecule has 0 aromatic heterocycles. The molecule has 1 rings (SSSR count). The van der Waals surface area contributed by atoms with E-state index in [1.807, 2.05) is 6.26 Å². The van der Waals surface area contributed by atoms with E-state index in [2.05, 4.69) is 15.4 Å². The number of carbonyl (C=O) groups is 2. The zero-order chi connectivity index (χ0) is 15.0. The Bertz CT molecular complexity index is 471. The third kappa shape index (κ3) is 5.71. The van der Waals surface area contributed by atoms with Crippen LogP contribution in [0.5, 0.6) is 0 Å².